The quantitative estimate of drug-likeness (QED) is 0.716. The van der Waals surface area contributed by atoms with Gasteiger partial charge in [0.2, 0.25) is 11.9 Å². The van der Waals surface area contributed by atoms with Crippen molar-refractivity contribution in [1.29, 1.82) is 0 Å². The summed E-state index contributed by atoms with van der Waals surface area (Å²) in [5, 5.41) is 5.97. The number of imidazole rings is 1. The number of H-pyrrole nitrogens is 1. The summed E-state index contributed by atoms with van der Waals surface area (Å²) in [5.74, 6) is -0.179. The maximum absolute atomic E-state index is 11.9. The minimum absolute atomic E-state index is 0.160. The first-order valence-electron chi connectivity index (χ1n) is 6.00. The molecule has 3 N–H and O–H groups in total. The smallest absolute Gasteiger partial charge is 0.233 e. The number of carbonyl (C=O) groups is 1. The van der Waals surface area contributed by atoms with E-state index >= 15 is 0 Å². The Bertz CT molecular complexity index is 584. The summed E-state index contributed by atoms with van der Waals surface area (Å²) in [7, 11) is 0. The first kappa shape index (κ1) is 13.7. The molecule has 0 bridgehead atoms. The van der Waals surface area contributed by atoms with E-state index < -0.39 is 0 Å². The van der Waals surface area contributed by atoms with Gasteiger partial charge in [-0.2, -0.15) is 9.97 Å². The largest absolute Gasteiger partial charge is 0.341 e. The first-order valence-corrected chi connectivity index (χ1v) is 6.37. The van der Waals surface area contributed by atoms with E-state index in [4.69, 9.17) is 11.6 Å². The second-order valence-corrected chi connectivity index (χ2v) is 4.50. The monoisotopic (exact) mass is 282 g/mol. The molecule has 19 heavy (non-hydrogen) atoms. The van der Waals surface area contributed by atoms with Crippen molar-refractivity contribution in [2.24, 2.45) is 5.92 Å². The summed E-state index contributed by atoms with van der Waals surface area (Å²) in [5.41, 5.74) is 0.981. The fourth-order valence-corrected chi connectivity index (χ4v) is 1.76. The van der Waals surface area contributed by atoms with Gasteiger partial charge in [-0.1, -0.05) is 25.4 Å². The molecule has 2 heterocycles. The van der Waals surface area contributed by atoms with E-state index in [1.165, 1.54) is 6.33 Å². The molecule has 7 nitrogen and oxygen atoms in total. The molecule has 0 aromatic carbocycles. The van der Waals surface area contributed by atoms with Crippen molar-refractivity contribution in [1.82, 2.24) is 25.3 Å². The van der Waals surface area contributed by atoms with E-state index in [2.05, 4.69) is 30.6 Å². The van der Waals surface area contributed by atoms with Crippen molar-refractivity contribution in [3.63, 3.8) is 0 Å². The molecule has 102 valence electrons. The maximum atomic E-state index is 11.9. The van der Waals surface area contributed by atoms with Gasteiger partial charge in [0.1, 0.15) is 5.52 Å². The van der Waals surface area contributed by atoms with Crippen LogP contribution in [0.1, 0.15) is 13.8 Å². The van der Waals surface area contributed by atoms with Crippen LogP contribution in [0.5, 0.6) is 0 Å². The standard InChI is InChI=1S/C11H15ClN6O/c1-3-13-4-6(2)10(19)18-11-16-8(12)7-9(17-11)15-5-14-7/h5-6,13H,3-4H2,1-2H3,(H2,14,15,16,17,18,19). The van der Waals surface area contributed by atoms with Gasteiger partial charge in [-0.25, -0.2) is 4.98 Å². The lowest BCUT2D eigenvalue weighted by Gasteiger charge is -2.11. The van der Waals surface area contributed by atoms with Crippen LogP contribution in [0, 0.1) is 5.92 Å². The maximum Gasteiger partial charge on any atom is 0.233 e. The number of fused-ring (bicyclic) bond motifs is 1. The zero-order chi connectivity index (χ0) is 13.8. The Balaban J connectivity index is 2.10. The number of hydrogen-bond donors (Lipinski definition) is 3. The highest BCUT2D eigenvalue weighted by Crippen LogP contribution is 2.18. The van der Waals surface area contributed by atoms with Gasteiger partial charge in [0, 0.05) is 12.5 Å². The topological polar surface area (TPSA) is 95.6 Å². The predicted octanol–water partition coefficient (Wildman–Crippen LogP) is 1.19. The third-order valence-electron chi connectivity index (χ3n) is 2.62. The molecule has 2 rings (SSSR count). The molecule has 0 fully saturated rings. The molecule has 0 spiro atoms. The molecule has 1 atom stereocenters. The normalized spacial score (nSPS) is 12.6. The molecule has 8 heteroatoms. The average molecular weight is 283 g/mol. The van der Waals surface area contributed by atoms with E-state index in [1.54, 1.807) is 0 Å². The Kier molecular flexibility index (Phi) is 4.28. The number of amides is 1. The second kappa shape index (κ2) is 5.94. The SMILES string of the molecule is CCNCC(C)C(=O)Nc1nc(Cl)c2[nH]cnc2n1. The van der Waals surface area contributed by atoms with Gasteiger partial charge in [0.15, 0.2) is 10.8 Å². The molecule has 1 amide bonds. The number of anilines is 1. The van der Waals surface area contributed by atoms with Gasteiger partial charge in [0.25, 0.3) is 0 Å². The number of hydrogen-bond acceptors (Lipinski definition) is 5. The minimum Gasteiger partial charge on any atom is -0.341 e. The Morgan fingerprint density at radius 2 is 2.32 bits per heavy atom. The van der Waals surface area contributed by atoms with Crippen LogP contribution in [0.15, 0.2) is 6.33 Å². The fraction of sp³-hybridized carbons (Fsp3) is 0.455. The number of nitrogens with zero attached hydrogens (tertiary/aromatic N) is 3. The second-order valence-electron chi connectivity index (χ2n) is 4.14. The highest BCUT2D eigenvalue weighted by atomic mass is 35.5. The van der Waals surface area contributed by atoms with Crippen molar-refractivity contribution in [3.8, 4) is 0 Å². The average Bonchev–Trinajstić information content (AvgIpc) is 2.84. The van der Waals surface area contributed by atoms with E-state index in [1.807, 2.05) is 13.8 Å². The molecule has 2 aromatic rings. The summed E-state index contributed by atoms with van der Waals surface area (Å²) in [4.78, 5) is 26.8. The molecule has 0 aliphatic rings. The van der Waals surface area contributed by atoms with E-state index in [-0.39, 0.29) is 22.9 Å². The summed E-state index contributed by atoms with van der Waals surface area (Å²) in [6.45, 7) is 5.23. The first-order chi connectivity index (χ1) is 9.11. The van der Waals surface area contributed by atoms with Crippen LogP contribution in [0.25, 0.3) is 11.2 Å². The van der Waals surface area contributed by atoms with Gasteiger partial charge in [-0.15, -0.1) is 0 Å². The van der Waals surface area contributed by atoms with Crippen molar-refractivity contribution in [2.45, 2.75) is 13.8 Å². The van der Waals surface area contributed by atoms with Gasteiger partial charge in [-0.05, 0) is 6.54 Å². The zero-order valence-corrected chi connectivity index (χ0v) is 11.5. The van der Waals surface area contributed by atoms with Crippen molar-refractivity contribution in [2.75, 3.05) is 18.4 Å². The summed E-state index contributed by atoms with van der Waals surface area (Å²) in [6.07, 6.45) is 1.48. The molecule has 1 unspecified atom stereocenters. The van der Waals surface area contributed by atoms with Gasteiger partial charge in [0.05, 0.1) is 6.33 Å². The Morgan fingerprint density at radius 1 is 1.53 bits per heavy atom. The van der Waals surface area contributed by atoms with Crippen LogP contribution in [-0.2, 0) is 4.79 Å². The van der Waals surface area contributed by atoms with Crippen LogP contribution < -0.4 is 10.6 Å². The summed E-state index contributed by atoms with van der Waals surface area (Å²) in [6, 6.07) is 0. The number of nitrogens with one attached hydrogen (secondary N) is 3. The minimum atomic E-state index is -0.183. The number of rotatable bonds is 5. The molecule has 0 radical (unpaired) electrons. The van der Waals surface area contributed by atoms with Crippen LogP contribution in [-0.4, -0.2) is 38.9 Å². The van der Waals surface area contributed by atoms with Crippen molar-refractivity contribution in [3.05, 3.63) is 11.5 Å². The third kappa shape index (κ3) is 3.18. The van der Waals surface area contributed by atoms with Crippen LogP contribution in [0.2, 0.25) is 5.15 Å². The van der Waals surface area contributed by atoms with E-state index in [9.17, 15) is 4.79 Å². The number of halogens is 1. The predicted molar refractivity (Wildman–Crippen MR) is 73.0 cm³/mol. The molecular formula is C11H15ClN6O. The highest BCUT2D eigenvalue weighted by Gasteiger charge is 2.15. The van der Waals surface area contributed by atoms with E-state index in [0.717, 1.165) is 6.54 Å². The Morgan fingerprint density at radius 3 is 3.05 bits per heavy atom. The Hall–Kier alpha value is -1.73. The van der Waals surface area contributed by atoms with Crippen LogP contribution in [0.4, 0.5) is 5.95 Å². The van der Waals surface area contributed by atoms with Gasteiger partial charge >= 0.3 is 0 Å². The lowest BCUT2D eigenvalue weighted by molar-refractivity contribution is -0.119. The molecule has 0 saturated carbocycles. The number of aromatic amines is 1. The van der Waals surface area contributed by atoms with Gasteiger partial charge in [-0.3, -0.25) is 10.1 Å². The molecule has 0 aliphatic heterocycles. The summed E-state index contributed by atoms with van der Waals surface area (Å²) >= 11 is 5.96. The third-order valence-corrected chi connectivity index (χ3v) is 2.90. The summed E-state index contributed by atoms with van der Waals surface area (Å²) < 4.78 is 0. The molecular weight excluding hydrogens is 268 g/mol. The lowest BCUT2D eigenvalue weighted by Crippen LogP contribution is -2.30. The molecule has 0 saturated heterocycles. The highest BCUT2D eigenvalue weighted by molar-refractivity contribution is 6.33. The Labute approximate surface area is 115 Å². The molecule has 2 aromatic heterocycles. The number of carbonyl (C=O) groups excluding carboxylic acids is 1. The van der Waals surface area contributed by atoms with E-state index in [0.29, 0.717) is 17.7 Å². The van der Waals surface area contributed by atoms with Crippen molar-refractivity contribution < 1.29 is 4.79 Å². The van der Waals surface area contributed by atoms with Crippen LogP contribution >= 0.6 is 11.6 Å². The zero-order valence-electron chi connectivity index (χ0n) is 10.7. The van der Waals surface area contributed by atoms with Gasteiger partial charge < -0.3 is 10.3 Å². The number of aromatic nitrogens is 4. The fourth-order valence-electron chi connectivity index (χ4n) is 1.54. The van der Waals surface area contributed by atoms with Crippen LogP contribution in [0.3, 0.4) is 0 Å². The lowest BCUT2D eigenvalue weighted by atomic mass is 10.1. The molecule has 0 aliphatic carbocycles. The van der Waals surface area contributed by atoms with Crippen molar-refractivity contribution >= 4 is 34.6 Å².